The van der Waals surface area contributed by atoms with E-state index >= 15 is 0 Å². The van der Waals surface area contributed by atoms with Crippen LogP contribution in [0.1, 0.15) is 43.7 Å². The summed E-state index contributed by atoms with van der Waals surface area (Å²) in [5.41, 5.74) is 1.15. The van der Waals surface area contributed by atoms with Gasteiger partial charge in [-0.2, -0.15) is 0 Å². The van der Waals surface area contributed by atoms with Crippen LogP contribution < -0.4 is 5.32 Å². The van der Waals surface area contributed by atoms with E-state index in [0.29, 0.717) is 6.04 Å². The Morgan fingerprint density at radius 2 is 2.17 bits per heavy atom. The Bertz CT molecular complexity index is 414. The van der Waals surface area contributed by atoms with Gasteiger partial charge in [-0.3, -0.25) is 4.79 Å². The molecule has 0 spiro atoms. The molecule has 18 heavy (non-hydrogen) atoms. The summed E-state index contributed by atoms with van der Waals surface area (Å²) in [6, 6.07) is 4.98. The van der Waals surface area contributed by atoms with Crippen molar-refractivity contribution in [1.82, 2.24) is 9.88 Å². The average Bonchev–Trinajstić information content (AvgIpc) is 2.83. The predicted molar refractivity (Wildman–Crippen MR) is 70.2 cm³/mol. The summed E-state index contributed by atoms with van der Waals surface area (Å²) in [6.45, 7) is 0.871. The van der Waals surface area contributed by atoms with Crippen LogP contribution in [0.15, 0.2) is 18.3 Å². The van der Waals surface area contributed by atoms with E-state index in [9.17, 15) is 4.79 Å². The summed E-state index contributed by atoms with van der Waals surface area (Å²) in [5, 5.41) is 3.43. The molecule has 1 saturated heterocycles. The quantitative estimate of drug-likeness (QED) is 0.828. The van der Waals surface area contributed by atoms with Crippen LogP contribution >= 0.6 is 0 Å². The van der Waals surface area contributed by atoms with Crippen LogP contribution in [0.25, 0.3) is 0 Å². The number of aromatic nitrogens is 1. The summed E-state index contributed by atoms with van der Waals surface area (Å²) in [7, 11) is 0. The normalized spacial score (nSPS) is 23.8. The number of likely N-dealkylation sites (tertiary alicyclic amines) is 1. The monoisotopic (exact) mass is 245 g/mol. The molecule has 2 aliphatic rings. The first-order chi connectivity index (χ1) is 8.86. The maximum atomic E-state index is 10.9. The van der Waals surface area contributed by atoms with Crippen LogP contribution in [-0.4, -0.2) is 28.9 Å². The molecule has 1 atom stereocenters. The van der Waals surface area contributed by atoms with E-state index in [2.05, 4.69) is 16.4 Å². The zero-order chi connectivity index (χ0) is 12.4. The maximum Gasteiger partial charge on any atom is 0.210 e. The van der Waals surface area contributed by atoms with E-state index < -0.39 is 0 Å². The average molecular weight is 245 g/mol. The van der Waals surface area contributed by atoms with Gasteiger partial charge in [0.25, 0.3) is 0 Å². The van der Waals surface area contributed by atoms with Gasteiger partial charge in [0.2, 0.25) is 6.41 Å². The van der Waals surface area contributed by atoms with Gasteiger partial charge in [0.15, 0.2) is 0 Å². The second-order valence-electron chi connectivity index (χ2n) is 5.25. The molecule has 1 aromatic heterocycles. The highest BCUT2D eigenvalue weighted by Gasteiger charge is 2.25. The molecule has 1 amide bonds. The van der Waals surface area contributed by atoms with Crippen LogP contribution in [0.2, 0.25) is 0 Å². The molecule has 1 aliphatic heterocycles. The highest BCUT2D eigenvalue weighted by molar-refractivity contribution is 5.50. The van der Waals surface area contributed by atoms with Gasteiger partial charge in [-0.05, 0) is 43.7 Å². The summed E-state index contributed by atoms with van der Waals surface area (Å²) in [5.74, 6) is 0.958. The van der Waals surface area contributed by atoms with Crippen molar-refractivity contribution in [2.24, 2.45) is 0 Å². The molecular weight excluding hydrogens is 226 g/mol. The van der Waals surface area contributed by atoms with Crippen LogP contribution in [0, 0.1) is 0 Å². The molecule has 0 bridgehead atoms. The fourth-order valence-electron chi connectivity index (χ4n) is 2.72. The maximum absolute atomic E-state index is 10.9. The van der Waals surface area contributed by atoms with Gasteiger partial charge in [-0.1, -0.05) is 6.07 Å². The van der Waals surface area contributed by atoms with Crippen molar-refractivity contribution in [3.05, 3.63) is 23.9 Å². The van der Waals surface area contributed by atoms with Crippen molar-refractivity contribution in [1.29, 1.82) is 0 Å². The second kappa shape index (κ2) is 4.96. The van der Waals surface area contributed by atoms with Gasteiger partial charge in [0.1, 0.15) is 5.82 Å². The Kier molecular flexibility index (Phi) is 3.17. The van der Waals surface area contributed by atoms with Crippen molar-refractivity contribution < 1.29 is 4.79 Å². The zero-order valence-electron chi connectivity index (χ0n) is 10.5. The molecule has 4 nitrogen and oxygen atoms in total. The Morgan fingerprint density at radius 3 is 2.78 bits per heavy atom. The van der Waals surface area contributed by atoms with Crippen molar-refractivity contribution in [2.45, 2.75) is 44.2 Å². The third-order valence-corrected chi connectivity index (χ3v) is 4.06. The lowest BCUT2D eigenvalue weighted by molar-refractivity contribution is -0.118. The zero-order valence-corrected chi connectivity index (χ0v) is 10.5. The SMILES string of the molecule is O=CN1CCCC1c1ccc(NC2CCC2)nc1. The molecule has 1 aliphatic carbocycles. The van der Waals surface area contributed by atoms with Crippen molar-refractivity contribution in [3.8, 4) is 0 Å². The number of carbonyl (C=O) groups excluding carboxylic acids is 1. The number of amides is 1. The lowest BCUT2D eigenvalue weighted by Crippen LogP contribution is -2.27. The van der Waals surface area contributed by atoms with Crippen LogP contribution in [0.3, 0.4) is 0 Å². The molecule has 1 saturated carbocycles. The number of hydrogen-bond donors (Lipinski definition) is 1. The van der Waals surface area contributed by atoms with Gasteiger partial charge in [-0.15, -0.1) is 0 Å². The number of anilines is 1. The van der Waals surface area contributed by atoms with Gasteiger partial charge < -0.3 is 10.2 Å². The van der Waals surface area contributed by atoms with E-state index in [4.69, 9.17) is 0 Å². The molecule has 1 N–H and O–H groups in total. The smallest absolute Gasteiger partial charge is 0.210 e. The highest BCUT2D eigenvalue weighted by atomic mass is 16.1. The second-order valence-corrected chi connectivity index (χ2v) is 5.25. The van der Waals surface area contributed by atoms with Crippen molar-refractivity contribution >= 4 is 12.2 Å². The first-order valence-corrected chi connectivity index (χ1v) is 6.80. The van der Waals surface area contributed by atoms with Crippen LogP contribution in [0.5, 0.6) is 0 Å². The molecule has 2 fully saturated rings. The van der Waals surface area contributed by atoms with Gasteiger partial charge >= 0.3 is 0 Å². The third kappa shape index (κ3) is 2.19. The first-order valence-electron chi connectivity index (χ1n) is 6.80. The molecule has 0 aromatic carbocycles. The van der Waals surface area contributed by atoms with Gasteiger partial charge in [0.05, 0.1) is 6.04 Å². The minimum Gasteiger partial charge on any atom is -0.367 e. The molecule has 1 aromatic rings. The summed E-state index contributed by atoms with van der Waals surface area (Å²) >= 11 is 0. The number of nitrogens with one attached hydrogen (secondary N) is 1. The van der Waals surface area contributed by atoms with E-state index in [-0.39, 0.29) is 6.04 Å². The number of nitrogens with zero attached hydrogens (tertiary/aromatic N) is 2. The van der Waals surface area contributed by atoms with Crippen molar-refractivity contribution in [2.75, 3.05) is 11.9 Å². The van der Waals surface area contributed by atoms with E-state index in [1.54, 1.807) is 0 Å². The number of rotatable bonds is 4. The first kappa shape index (κ1) is 11.5. The lowest BCUT2D eigenvalue weighted by Gasteiger charge is -2.27. The van der Waals surface area contributed by atoms with Crippen molar-refractivity contribution in [3.63, 3.8) is 0 Å². The minimum absolute atomic E-state index is 0.229. The molecule has 3 rings (SSSR count). The van der Waals surface area contributed by atoms with Crippen LogP contribution in [-0.2, 0) is 4.79 Å². The van der Waals surface area contributed by atoms with Gasteiger partial charge in [-0.25, -0.2) is 4.98 Å². The fourth-order valence-corrected chi connectivity index (χ4v) is 2.72. The van der Waals surface area contributed by atoms with Crippen LogP contribution in [0.4, 0.5) is 5.82 Å². The standard InChI is InChI=1S/C14H19N3O/c18-10-17-8-2-5-13(17)11-6-7-14(15-9-11)16-12-3-1-4-12/h6-7,9-10,12-13H,1-5,8H2,(H,15,16). The Balaban J connectivity index is 1.67. The summed E-state index contributed by atoms with van der Waals surface area (Å²) < 4.78 is 0. The molecule has 2 heterocycles. The summed E-state index contributed by atoms with van der Waals surface area (Å²) in [6.07, 6.45) is 8.84. The molecule has 1 unspecified atom stereocenters. The van der Waals surface area contributed by atoms with E-state index in [1.165, 1.54) is 19.3 Å². The summed E-state index contributed by atoms with van der Waals surface area (Å²) in [4.78, 5) is 17.3. The largest absolute Gasteiger partial charge is 0.367 e. The predicted octanol–water partition coefficient (Wildman–Crippen LogP) is 2.34. The molecule has 96 valence electrons. The molecular formula is C14H19N3O. The molecule has 4 heteroatoms. The van der Waals surface area contributed by atoms with E-state index in [1.807, 2.05) is 17.2 Å². The van der Waals surface area contributed by atoms with E-state index in [0.717, 1.165) is 37.2 Å². The Labute approximate surface area is 107 Å². The highest BCUT2D eigenvalue weighted by Crippen LogP contribution is 2.30. The van der Waals surface area contributed by atoms with Gasteiger partial charge in [0, 0.05) is 18.8 Å². The fraction of sp³-hybridized carbons (Fsp3) is 0.571. The molecule has 0 radical (unpaired) electrons. The number of pyridine rings is 1. The topological polar surface area (TPSA) is 45.2 Å². The number of carbonyl (C=O) groups is 1. The third-order valence-electron chi connectivity index (χ3n) is 4.06. The number of hydrogen-bond acceptors (Lipinski definition) is 3. The Morgan fingerprint density at radius 1 is 1.28 bits per heavy atom. The Hall–Kier alpha value is -1.58. The lowest BCUT2D eigenvalue weighted by atomic mass is 9.93. The minimum atomic E-state index is 0.229.